The molecule has 3 aromatic carbocycles. The molecule has 1 saturated heterocycles. The average Bonchev–Trinajstić information content (AvgIpc) is 3.38. The van der Waals surface area contributed by atoms with Crippen molar-refractivity contribution in [3.8, 4) is 0 Å². The molecule has 0 aliphatic carbocycles. The van der Waals surface area contributed by atoms with Gasteiger partial charge in [0.05, 0.1) is 11.6 Å². The Morgan fingerprint density at radius 1 is 0.971 bits per heavy atom. The van der Waals surface area contributed by atoms with Gasteiger partial charge in [-0.25, -0.2) is 0 Å². The molecule has 5 heteroatoms. The zero-order chi connectivity index (χ0) is 24.0. The van der Waals surface area contributed by atoms with Crippen molar-refractivity contribution in [2.24, 2.45) is 0 Å². The second-order valence-electron chi connectivity index (χ2n) is 9.08. The number of aliphatic hydroxyl groups is 1. The number of Topliss-reactive ketones (excluding diaryl/α,β-unsaturated/α-hetero) is 1. The lowest BCUT2D eigenvalue weighted by Crippen LogP contribution is -2.29. The molecule has 1 amide bonds. The van der Waals surface area contributed by atoms with Gasteiger partial charge in [-0.3, -0.25) is 14.5 Å². The molecule has 1 atom stereocenters. The van der Waals surface area contributed by atoms with Crippen LogP contribution in [-0.2, 0) is 9.59 Å². The summed E-state index contributed by atoms with van der Waals surface area (Å²) >= 11 is 0. The largest absolute Gasteiger partial charge is 0.507 e. The van der Waals surface area contributed by atoms with Gasteiger partial charge in [0.25, 0.3) is 11.7 Å². The van der Waals surface area contributed by atoms with Crippen LogP contribution in [0.15, 0.2) is 84.6 Å². The van der Waals surface area contributed by atoms with Crippen LogP contribution in [-0.4, -0.2) is 21.8 Å². The number of rotatable bonds is 4. The maximum absolute atomic E-state index is 13.4. The first kappa shape index (κ1) is 21.7. The molecule has 0 saturated carbocycles. The Labute approximate surface area is 198 Å². The Hall–Kier alpha value is -4.12. The van der Waals surface area contributed by atoms with Crippen LogP contribution >= 0.6 is 0 Å². The van der Waals surface area contributed by atoms with Gasteiger partial charge in [-0.1, -0.05) is 74.0 Å². The quantitative estimate of drug-likeness (QED) is 0.220. The SMILES string of the molecule is Cc1cccc(C2/C(=C(/O)c3c[nH]c4ccccc34)C(=O)C(=O)N2c2ccc(C(C)C)cc2)c1. The number of aromatic amines is 1. The van der Waals surface area contributed by atoms with Gasteiger partial charge >= 0.3 is 0 Å². The number of carbonyl (C=O) groups excluding carboxylic acids is 2. The van der Waals surface area contributed by atoms with Gasteiger partial charge in [0.2, 0.25) is 0 Å². The molecule has 1 aliphatic rings. The topological polar surface area (TPSA) is 73.4 Å². The number of carbonyl (C=O) groups is 2. The molecule has 34 heavy (non-hydrogen) atoms. The molecule has 5 rings (SSSR count). The smallest absolute Gasteiger partial charge is 0.300 e. The molecule has 5 nitrogen and oxygen atoms in total. The van der Waals surface area contributed by atoms with E-state index < -0.39 is 17.7 Å². The van der Waals surface area contributed by atoms with Gasteiger partial charge in [-0.15, -0.1) is 0 Å². The van der Waals surface area contributed by atoms with E-state index in [1.165, 1.54) is 4.90 Å². The zero-order valence-electron chi connectivity index (χ0n) is 19.4. The summed E-state index contributed by atoms with van der Waals surface area (Å²) in [7, 11) is 0. The van der Waals surface area contributed by atoms with E-state index >= 15 is 0 Å². The van der Waals surface area contributed by atoms with Gasteiger partial charge in [0.15, 0.2) is 0 Å². The number of ketones is 1. The van der Waals surface area contributed by atoms with Crippen LogP contribution in [0, 0.1) is 6.92 Å². The highest BCUT2D eigenvalue weighted by atomic mass is 16.3. The van der Waals surface area contributed by atoms with Crippen molar-refractivity contribution < 1.29 is 14.7 Å². The Morgan fingerprint density at radius 2 is 1.71 bits per heavy atom. The predicted octanol–water partition coefficient (Wildman–Crippen LogP) is 6.23. The number of nitrogens with zero attached hydrogens (tertiary/aromatic N) is 1. The minimum atomic E-state index is -0.738. The summed E-state index contributed by atoms with van der Waals surface area (Å²) in [5.41, 5.74) is 4.98. The molecule has 4 aromatic rings. The highest BCUT2D eigenvalue weighted by Gasteiger charge is 2.47. The maximum atomic E-state index is 13.4. The Balaban J connectivity index is 1.73. The van der Waals surface area contributed by atoms with E-state index in [9.17, 15) is 14.7 Å². The lowest BCUT2D eigenvalue weighted by atomic mass is 9.94. The summed E-state index contributed by atoms with van der Waals surface area (Å²) in [4.78, 5) is 31.4. The molecule has 1 aliphatic heterocycles. The van der Waals surface area contributed by atoms with Gasteiger partial charge in [0.1, 0.15) is 5.76 Å². The highest BCUT2D eigenvalue weighted by molar-refractivity contribution is 6.51. The van der Waals surface area contributed by atoms with Crippen molar-refractivity contribution in [3.05, 3.63) is 107 Å². The number of H-pyrrole nitrogens is 1. The van der Waals surface area contributed by atoms with E-state index in [0.29, 0.717) is 17.2 Å². The first-order chi connectivity index (χ1) is 16.4. The van der Waals surface area contributed by atoms with E-state index in [1.54, 1.807) is 6.20 Å². The number of hydrogen-bond acceptors (Lipinski definition) is 3. The summed E-state index contributed by atoms with van der Waals surface area (Å²) in [6.45, 7) is 6.18. The van der Waals surface area contributed by atoms with Crippen LogP contribution in [0.25, 0.3) is 16.7 Å². The summed E-state index contributed by atoms with van der Waals surface area (Å²) in [6.07, 6.45) is 1.68. The summed E-state index contributed by atoms with van der Waals surface area (Å²) in [6, 6.07) is 22.2. The van der Waals surface area contributed by atoms with Gasteiger partial charge in [-0.05, 0) is 42.2 Å². The number of aromatic nitrogens is 1. The van der Waals surface area contributed by atoms with E-state index in [4.69, 9.17) is 0 Å². The van der Waals surface area contributed by atoms with Crippen LogP contribution in [0.5, 0.6) is 0 Å². The third-order valence-corrected chi connectivity index (χ3v) is 6.48. The number of anilines is 1. The van der Waals surface area contributed by atoms with Crippen LogP contribution in [0.3, 0.4) is 0 Å². The van der Waals surface area contributed by atoms with E-state index in [-0.39, 0.29) is 11.3 Å². The third-order valence-electron chi connectivity index (χ3n) is 6.48. The number of hydrogen-bond donors (Lipinski definition) is 2. The second kappa shape index (κ2) is 8.34. The van der Waals surface area contributed by atoms with Crippen molar-refractivity contribution in [2.75, 3.05) is 4.90 Å². The van der Waals surface area contributed by atoms with Crippen LogP contribution < -0.4 is 4.90 Å². The number of benzene rings is 3. The van der Waals surface area contributed by atoms with Crippen molar-refractivity contribution >= 4 is 34.0 Å². The lowest BCUT2D eigenvalue weighted by molar-refractivity contribution is -0.132. The summed E-state index contributed by atoms with van der Waals surface area (Å²) < 4.78 is 0. The third kappa shape index (κ3) is 3.50. The first-order valence-electron chi connectivity index (χ1n) is 11.4. The number of aliphatic hydroxyl groups excluding tert-OH is 1. The molecule has 0 radical (unpaired) electrons. The Bertz CT molecular complexity index is 1440. The lowest BCUT2D eigenvalue weighted by Gasteiger charge is -2.26. The minimum Gasteiger partial charge on any atom is -0.507 e. The fraction of sp³-hybridized carbons (Fsp3) is 0.172. The summed E-state index contributed by atoms with van der Waals surface area (Å²) in [5.74, 6) is -1.17. The standard InChI is InChI=1S/C29H26N2O3/c1-17(2)19-11-13-21(14-12-19)31-26(20-8-6-7-18(3)15-20)25(28(33)29(31)34)27(32)23-16-30-24-10-5-4-9-22(23)24/h4-17,26,30,32H,1-3H3/b27-25-. The fourth-order valence-corrected chi connectivity index (χ4v) is 4.69. The van der Waals surface area contributed by atoms with E-state index in [0.717, 1.165) is 27.6 Å². The Kier molecular flexibility index (Phi) is 5.33. The number of amides is 1. The van der Waals surface area contributed by atoms with Crippen molar-refractivity contribution in [3.63, 3.8) is 0 Å². The predicted molar refractivity (Wildman–Crippen MR) is 135 cm³/mol. The number of para-hydroxylation sites is 1. The maximum Gasteiger partial charge on any atom is 0.300 e. The molecule has 1 unspecified atom stereocenters. The van der Waals surface area contributed by atoms with E-state index in [1.807, 2.05) is 79.7 Å². The average molecular weight is 451 g/mol. The van der Waals surface area contributed by atoms with Gasteiger partial charge in [-0.2, -0.15) is 0 Å². The molecule has 2 heterocycles. The minimum absolute atomic E-state index is 0.0910. The number of aryl methyl sites for hydroxylation is 1. The monoisotopic (exact) mass is 450 g/mol. The number of nitrogens with one attached hydrogen (secondary N) is 1. The van der Waals surface area contributed by atoms with Gasteiger partial charge in [0, 0.05) is 28.4 Å². The molecular formula is C29H26N2O3. The molecule has 0 bridgehead atoms. The van der Waals surface area contributed by atoms with Gasteiger partial charge < -0.3 is 10.1 Å². The molecule has 0 spiro atoms. The normalized spacial score (nSPS) is 17.8. The van der Waals surface area contributed by atoms with Crippen molar-refractivity contribution in [2.45, 2.75) is 32.7 Å². The first-order valence-corrected chi connectivity index (χ1v) is 11.4. The highest BCUT2D eigenvalue weighted by Crippen LogP contribution is 2.43. The fourth-order valence-electron chi connectivity index (χ4n) is 4.69. The van der Waals surface area contributed by atoms with E-state index in [2.05, 4.69) is 18.8 Å². The van der Waals surface area contributed by atoms with Crippen LogP contribution in [0.1, 0.15) is 48.1 Å². The Morgan fingerprint density at radius 3 is 2.41 bits per heavy atom. The molecule has 170 valence electrons. The molecule has 1 aromatic heterocycles. The molecular weight excluding hydrogens is 424 g/mol. The molecule has 1 fully saturated rings. The van der Waals surface area contributed by atoms with Crippen molar-refractivity contribution in [1.82, 2.24) is 4.98 Å². The number of fused-ring (bicyclic) bond motifs is 1. The second-order valence-corrected chi connectivity index (χ2v) is 9.08. The van der Waals surface area contributed by atoms with Crippen molar-refractivity contribution in [1.29, 1.82) is 0 Å². The summed E-state index contributed by atoms with van der Waals surface area (Å²) in [5, 5.41) is 12.2. The zero-order valence-corrected chi connectivity index (χ0v) is 19.4. The molecule has 2 N–H and O–H groups in total. The van der Waals surface area contributed by atoms with Crippen LogP contribution in [0.2, 0.25) is 0 Å². The van der Waals surface area contributed by atoms with Crippen LogP contribution in [0.4, 0.5) is 5.69 Å².